The van der Waals surface area contributed by atoms with E-state index in [1.54, 1.807) is 18.2 Å². The van der Waals surface area contributed by atoms with E-state index in [9.17, 15) is 5.11 Å². The van der Waals surface area contributed by atoms with Crippen LogP contribution in [-0.2, 0) is 0 Å². The van der Waals surface area contributed by atoms with Gasteiger partial charge in [0.1, 0.15) is 5.75 Å². The molecule has 0 amide bonds. The van der Waals surface area contributed by atoms with Gasteiger partial charge < -0.3 is 10.4 Å². The molecule has 4 heteroatoms. The van der Waals surface area contributed by atoms with Gasteiger partial charge in [-0.05, 0) is 42.8 Å². The molecular weight excluding hydrogens is 269 g/mol. The maximum absolute atomic E-state index is 9.25. The third-order valence-corrected chi connectivity index (χ3v) is 3.08. The molecule has 2 aromatic carbocycles. The van der Waals surface area contributed by atoms with E-state index in [1.165, 1.54) is 0 Å². The van der Waals surface area contributed by atoms with Gasteiger partial charge in [-0.3, -0.25) is 0 Å². The predicted molar refractivity (Wildman–Crippen MR) is 76.6 cm³/mol. The fraction of sp³-hybridized carbons (Fsp3) is 0.143. The first-order valence-electron chi connectivity index (χ1n) is 5.56. The zero-order chi connectivity index (χ0) is 13.1. The van der Waals surface area contributed by atoms with Crippen LogP contribution >= 0.6 is 23.2 Å². The summed E-state index contributed by atoms with van der Waals surface area (Å²) in [5, 5.41) is 13.8. The van der Waals surface area contributed by atoms with E-state index in [2.05, 4.69) is 5.32 Å². The normalized spacial score (nSPS) is 12.2. The average Bonchev–Trinajstić information content (AvgIpc) is 2.28. The molecule has 1 unspecified atom stereocenters. The topological polar surface area (TPSA) is 32.3 Å². The van der Waals surface area contributed by atoms with Crippen molar-refractivity contribution < 1.29 is 5.11 Å². The largest absolute Gasteiger partial charge is 0.508 e. The lowest BCUT2D eigenvalue weighted by Crippen LogP contribution is -2.06. The van der Waals surface area contributed by atoms with Crippen molar-refractivity contribution in [1.29, 1.82) is 0 Å². The maximum atomic E-state index is 9.25. The molecule has 0 aromatic heterocycles. The average molecular weight is 282 g/mol. The lowest BCUT2D eigenvalue weighted by molar-refractivity contribution is 0.475. The van der Waals surface area contributed by atoms with Crippen LogP contribution < -0.4 is 5.32 Å². The number of benzene rings is 2. The molecule has 0 aliphatic heterocycles. The predicted octanol–water partition coefficient (Wildman–Crippen LogP) is 4.87. The highest BCUT2D eigenvalue weighted by Crippen LogP contribution is 2.26. The summed E-state index contributed by atoms with van der Waals surface area (Å²) in [4.78, 5) is 0. The highest BCUT2D eigenvalue weighted by Gasteiger charge is 2.06. The second kappa shape index (κ2) is 5.51. The number of hydrogen-bond acceptors (Lipinski definition) is 2. The number of phenolic OH excluding ortho intramolecular Hbond substituents is 1. The molecule has 2 N–H and O–H groups in total. The smallest absolute Gasteiger partial charge is 0.115 e. The minimum atomic E-state index is 0.0973. The summed E-state index contributed by atoms with van der Waals surface area (Å²) < 4.78 is 0. The molecule has 0 aliphatic rings. The van der Waals surface area contributed by atoms with E-state index < -0.39 is 0 Å². The van der Waals surface area contributed by atoms with Crippen LogP contribution in [0, 0.1) is 0 Å². The van der Waals surface area contributed by atoms with E-state index >= 15 is 0 Å². The van der Waals surface area contributed by atoms with Crippen LogP contribution in [0.25, 0.3) is 0 Å². The van der Waals surface area contributed by atoms with Crippen LogP contribution in [0.1, 0.15) is 18.5 Å². The Morgan fingerprint density at radius 3 is 2.11 bits per heavy atom. The van der Waals surface area contributed by atoms with Crippen molar-refractivity contribution in [2.75, 3.05) is 5.32 Å². The summed E-state index contributed by atoms with van der Waals surface area (Å²) in [5.41, 5.74) is 1.94. The SMILES string of the molecule is CC(Nc1cc(Cl)cc(Cl)c1)c1ccc(O)cc1. The molecule has 18 heavy (non-hydrogen) atoms. The highest BCUT2D eigenvalue weighted by atomic mass is 35.5. The van der Waals surface area contributed by atoms with Gasteiger partial charge in [-0.25, -0.2) is 0 Å². The van der Waals surface area contributed by atoms with Gasteiger partial charge in [0.2, 0.25) is 0 Å². The van der Waals surface area contributed by atoms with Crippen LogP contribution in [0.15, 0.2) is 42.5 Å². The van der Waals surface area contributed by atoms with E-state index in [-0.39, 0.29) is 11.8 Å². The summed E-state index contributed by atoms with van der Waals surface area (Å²) in [6, 6.07) is 12.5. The first-order chi connectivity index (χ1) is 8.54. The molecule has 0 saturated carbocycles. The minimum absolute atomic E-state index is 0.0973. The number of phenols is 1. The fourth-order valence-electron chi connectivity index (χ4n) is 1.73. The number of rotatable bonds is 3. The van der Waals surface area contributed by atoms with Gasteiger partial charge in [0.25, 0.3) is 0 Å². The highest BCUT2D eigenvalue weighted by molar-refractivity contribution is 6.35. The lowest BCUT2D eigenvalue weighted by Gasteiger charge is -2.16. The zero-order valence-corrected chi connectivity index (χ0v) is 11.3. The van der Waals surface area contributed by atoms with E-state index in [4.69, 9.17) is 23.2 Å². The summed E-state index contributed by atoms with van der Waals surface area (Å²) in [6.45, 7) is 2.03. The molecule has 1 atom stereocenters. The first-order valence-corrected chi connectivity index (χ1v) is 6.32. The van der Waals surface area contributed by atoms with Crippen LogP contribution in [-0.4, -0.2) is 5.11 Å². The Labute approximate surface area is 116 Å². The number of nitrogens with one attached hydrogen (secondary N) is 1. The second-order valence-corrected chi connectivity index (χ2v) is 4.99. The fourth-order valence-corrected chi connectivity index (χ4v) is 2.26. The van der Waals surface area contributed by atoms with Gasteiger partial charge in [-0.2, -0.15) is 0 Å². The summed E-state index contributed by atoms with van der Waals surface area (Å²) >= 11 is 11.9. The van der Waals surface area contributed by atoms with Gasteiger partial charge >= 0.3 is 0 Å². The Kier molecular flexibility index (Phi) is 4.00. The monoisotopic (exact) mass is 281 g/mol. The third kappa shape index (κ3) is 3.31. The summed E-state index contributed by atoms with van der Waals surface area (Å²) in [7, 11) is 0. The summed E-state index contributed by atoms with van der Waals surface area (Å²) in [6.07, 6.45) is 0. The molecule has 0 fully saturated rings. The Hall–Kier alpha value is -1.38. The van der Waals surface area contributed by atoms with Crippen LogP contribution in [0.2, 0.25) is 10.0 Å². The first kappa shape index (κ1) is 13.1. The standard InChI is InChI=1S/C14H13Cl2NO/c1-9(10-2-4-14(18)5-3-10)17-13-7-11(15)6-12(16)8-13/h2-9,17-18H,1H3. The molecule has 0 aliphatic carbocycles. The number of halogens is 2. The quantitative estimate of drug-likeness (QED) is 0.841. The van der Waals surface area contributed by atoms with Crippen molar-refractivity contribution in [2.24, 2.45) is 0 Å². The lowest BCUT2D eigenvalue weighted by atomic mass is 10.1. The van der Waals surface area contributed by atoms with E-state index in [1.807, 2.05) is 31.2 Å². The van der Waals surface area contributed by atoms with Crippen molar-refractivity contribution >= 4 is 28.9 Å². The van der Waals surface area contributed by atoms with Crippen LogP contribution in [0.4, 0.5) is 5.69 Å². The maximum Gasteiger partial charge on any atom is 0.115 e. The van der Waals surface area contributed by atoms with Gasteiger partial charge in [-0.15, -0.1) is 0 Å². The van der Waals surface area contributed by atoms with Crippen molar-refractivity contribution in [3.05, 3.63) is 58.1 Å². The Morgan fingerprint density at radius 1 is 1.00 bits per heavy atom. The molecule has 0 radical (unpaired) electrons. The molecule has 2 rings (SSSR count). The molecule has 0 bridgehead atoms. The molecule has 2 nitrogen and oxygen atoms in total. The van der Waals surface area contributed by atoms with Crippen LogP contribution in [0.5, 0.6) is 5.75 Å². The van der Waals surface area contributed by atoms with Crippen molar-refractivity contribution in [1.82, 2.24) is 0 Å². The van der Waals surface area contributed by atoms with Gasteiger partial charge in [0.05, 0.1) is 0 Å². The number of hydrogen-bond donors (Lipinski definition) is 2. The Balaban J connectivity index is 2.15. The summed E-state index contributed by atoms with van der Waals surface area (Å²) in [5.74, 6) is 0.261. The molecule has 2 aromatic rings. The van der Waals surface area contributed by atoms with Crippen molar-refractivity contribution in [3.8, 4) is 5.75 Å². The van der Waals surface area contributed by atoms with Gasteiger partial charge in [0.15, 0.2) is 0 Å². The molecule has 0 heterocycles. The number of aromatic hydroxyl groups is 1. The van der Waals surface area contributed by atoms with Crippen LogP contribution in [0.3, 0.4) is 0 Å². The zero-order valence-electron chi connectivity index (χ0n) is 9.82. The van der Waals surface area contributed by atoms with Crippen molar-refractivity contribution in [2.45, 2.75) is 13.0 Å². The van der Waals surface area contributed by atoms with E-state index in [0.29, 0.717) is 10.0 Å². The van der Waals surface area contributed by atoms with Gasteiger partial charge in [-0.1, -0.05) is 35.3 Å². The van der Waals surface area contributed by atoms with Crippen molar-refractivity contribution in [3.63, 3.8) is 0 Å². The third-order valence-electron chi connectivity index (χ3n) is 2.64. The Bertz CT molecular complexity index is 520. The Morgan fingerprint density at radius 2 is 1.56 bits per heavy atom. The minimum Gasteiger partial charge on any atom is -0.508 e. The molecule has 0 saturated heterocycles. The van der Waals surface area contributed by atoms with E-state index in [0.717, 1.165) is 11.3 Å². The second-order valence-electron chi connectivity index (χ2n) is 4.12. The number of anilines is 1. The molecule has 0 spiro atoms. The molecule has 94 valence electrons. The molecular formula is C14H13Cl2NO. The van der Waals surface area contributed by atoms with Gasteiger partial charge in [0, 0.05) is 21.8 Å².